The third-order valence-corrected chi connectivity index (χ3v) is 6.20. The van der Waals surface area contributed by atoms with Crippen molar-refractivity contribution in [3.63, 3.8) is 0 Å². The standard InChI is InChI=1S/C19H23FN2O3/c1-18(2)14-8-10-19(18,3)17(25)22(16(14)24)11-9-15(23)21-13-6-4-12(20)5-7-13/h4-7,14H,8-11H2,1-3H3,(H,21,23). The predicted octanol–water partition coefficient (Wildman–Crippen LogP) is 2.97. The summed E-state index contributed by atoms with van der Waals surface area (Å²) in [6.45, 7) is 5.97. The van der Waals surface area contributed by atoms with Gasteiger partial charge in [0.2, 0.25) is 17.7 Å². The number of benzene rings is 1. The molecule has 134 valence electrons. The summed E-state index contributed by atoms with van der Waals surface area (Å²) in [6, 6.07) is 5.45. The second-order valence-corrected chi connectivity index (χ2v) is 7.75. The van der Waals surface area contributed by atoms with Gasteiger partial charge in [0.05, 0.1) is 5.41 Å². The van der Waals surface area contributed by atoms with E-state index in [4.69, 9.17) is 0 Å². The van der Waals surface area contributed by atoms with Gasteiger partial charge in [0.25, 0.3) is 0 Å². The molecule has 0 aromatic heterocycles. The van der Waals surface area contributed by atoms with E-state index >= 15 is 0 Å². The molecule has 3 amide bonds. The molecule has 25 heavy (non-hydrogen) atoms. The van der Waals surface area contributed by atoms with E-state index in [0.29, 0.717) is 18.5 Å². The maximum atomic E-state index is 12.9. The molecule has 1 saturated heterocycles. The highest BCUT2D eigenvalue weighted by Crippen LogP contribution is 2.59. The number of hydrogen-bond donors (Lipinski definition) is 1. The number of piperidine rings is 1. The molecular weight excluding hydrogens is 323 g/mol. The first-order valence-electron chi connectivity index (χ1n) is 8.58. The molecule has 2 bridgehead atoms. The maximum absolute atomic E-state index is 12.9. The zero-order valence-corrected chi connectivity index (χ0v) is 14.8. The number of carbonyl (C=O) groups is 3. The van der Waals surface area contributed by atoms with E-state index in [1.165, 1.54) is 29.2 Å². The minimum absolute atomic E-state index is 0.0259. The van der Waals surface area contributed by atoms with Crippen LogP contribution in [0.4, 0.5) is 10.1 Å². The second-order valence-electron chi connectivity index (χ2n) is 7.75. The van der Waals surface area contributed by atoms with Crippen LogP contribution in [0.5, 0.6) is 0 Å². The van der Waals surface area contributed by atoms with Crippen molar-refractivity contribution >= 4 is 23.4 Å². The molecule has 1 aromatic rings. The number of amides is 3. The molecule has 1 aliphatic heterocycles. The van der Waals surface area contributed by atoms with Crippen molar-refractivity contribution in [3.05, 3.63) is 30.1 Å². The number of hydrogen-bond acceptors (Lipinski definition) is 3. The Balaban J connectivity index is 1.65. The molecule has 3 rings (SSSR count). The van der Waals surface area contributed by atoms with E-state index in [2.05, 4.69) is 5.32 Å². The molecule has 1 N–H and O–H groups in total. The van der Waals surface area contributed by atoms with Gasteiger partial charge < -0.3 is 5.32 Å². The topological polar surface area (TPSA) is 66.5 Å². The van der Waals surface area contributed by atoms with Crippen LogP contribution in [-0.4, -0.2) is 29.2 Å². The predicted molar refractivity (Wildman–Crippen MR) is 91.0 cm³/mol. The van der Waals surface area contributed by atoms with Gasteiger partial charge in [-0.2, -0.15) is 0 Å². The largest absolute Gasteiger partial charge is 0.326 e. The number of nitrogens with one attached hydrogen (secondary N) is 1. The first kappa shape index (κ1) is 17.6. The molecule has 6 heteroatoms. The summed E-state index contributed by atoms with van der Waals surface area (Å²) < 4.78 is 12.9. The molecule has 2 aliphatic rings. The summed E-state index contributed by atoms with van der Waals surface area (Å²) >= 11 is 0. The lowest BCUT2D eigenvalue weighted by molar-refractivity contribution is -0.167. The quantitative estimate of drug-likeness (QED) is 0.853. The third-order valence-electron chi connectivity index (χ3n) is 6.20. The number of anilines is 1. The number of rotatable bonds is 4. The smallest absolute Gasteiger partial charge is 0.235 e. The summed E-state index contributed by atoms with van der Waals surface area (Å²) in [5.41, 5.74) is -0.427. The van der Waals surface area contributed by atoms with Gasteiger partial charge in [-0.15, -0.1) is 0 Å². The minimum atomic E-state index is -0.557. The Labute approximate surface area is 146 Å². The lowest BCUT2D eigenvalue weighted by atomic mass is 9.62. The molecule has 2 fully saturated rings. The van der Waals surface area contributed by atoms with Gasteiger partial charge in [-0.1, -0.05) is 20.8 Å². The Morgan fingerprint density at radius 1 is 1.24 bits per heavy atom. The molecule has 0 spiro atoms. The average Bonchev–Trinajstić information content (AvgIpc) is 2.74. The van der Waals surface area contributed by atoms with Gasteiger partial charge >= 0.3 is 0 Å². The van der Waals surface area contributed by atoms with Gasteiger partial charge in [-0.3, -0.25) is 19.3 Å². The number of halogens is 1. The highest BCUT2D eigenvalue weighted by molar-refractivity contribution is 6.04. The molecule has 0 radical (unpaired) electrons. The SMILES string of the molecule is CC12CCC(C(=O)N(CCC(=O)Nc3ccc(F)cc3)C1=O)C2(C)C. The van der Waals surface area contributed by atoms with Crippen molar-refractivity contribution in [2.24, 2.45) is 16.7 Å². The molecular formula is C19H23FN2O3. The highest BCUT2D eigenvalue weighted by atomic mass is 19.1. The number of likely N-dealkylation sites (tertiary alicyclic amines) is 1. The fourth-order valence-electron chi connectivity index (χ4n) is 4.08. The van der Waals surface area contributed by atoms with E-state index in [1.54, 1.807) is 0 Å². The van der Waals surface area contributed by atoms with Crippen molar-refractivity contribution in [1.29, 1.82) is 0 Å². The summed E-state index contributed by atoms with van der Waals surface area (Å²) in [6.07, 6.45) is 1.44. The number of fused-ring (bicyclic) bond motifs is 2. The van der Waals surface area contributed by atoms with Crippen LogP contribution < -0.4 is 5.32 Å². The molecule has 5 nitrogen and oxygen atoms in total. The van der Waals surface area contributed by atoms with Gasteiger partial charge in [0, 0.05) is 24.6 Å². The van der Waals surface area contributed by atoms with Crippen LogP contribution in [0, 0.1) is 22.6 Å². The van der Waals surface area contributed by atoms with Crippen LogP contribution >= 0.6 is 0 Å². The number of nitrogens with zero attached hydrogens (tertiary/aromatic N) is 1. The van der Waals surface area contributed by atoms with Crippen LogP contribution in [0.25, 0.3) is 0 Å². The Kier molecular flexibility index (Phi) is 4.17. The summed E-state index contributed by atoms with van der Waals surface area (Å²) in [7, 11) is 0. The lowest BCUT2D eigenvalue weighted by Crippen LogP contribution is -2.59. The first-order valence-corrected chi connectivity index (χ1v) is 8.58. The first-order chi connectivity index (χ1) is 11.7. The molecule has 1 aromatic carbocycles. The van der Waals surface area contributed by atoms with E-state index in [0.717, 1.165) is 0 Å². The van der Waals surface area contributed by atoms with Crippen LogP contribution in [0.3, 0.4) is 0 Å². The van der Waals surface area contributed by atoms with Crippen molar-refractivity contribution in [2.75, 3.05) is 11.9 Å². The lowest BCUT2D eigenvalue weighted by Gasteiger charge is -2.47. The van der Waals surface area contributed by atoms with Gasteiger partial charge in [-0.25, -0.2) is 4.39 Å². The van der Waals surface area contributed by atoms with Crippen molar-refractivity contribution in [3.8, 4) is 0 Å². The monoisotopic (exact) mass is 346 g/mol. The van der Waals surface area contributed by atoms with E-state index in [-0.39, 0.29) is 47.8 Å². The number of imide groups is 1. The summed E-state index contributed by atoms with van der Waals surface area (Å²) in [5, 5.41) is 2.65. The van der Waals surface area contributed by atoms with Crippen LogP contribution in [0.2, 0.25) is 0 Å². The average molecular weight is 346 g/mol. The fourth-order valence-corrected chi connectivity index (χ4v) is 4.08. The van der Waals surface area contributed by atoms with Crippen molar-refractivity contribution < 1.29 is 18.8 Å². The second kappa shape index (κ2) is 5.93. The fraction of sp³-hybridized carbons (Fsp3) is 0.526. The Morgan fingerprint density at radius 3 is 2.52 bits per heavy atom. The summed E-state index contributed by atoms with van der Waals surface area (Å²) in [4.78, 5) is 38.9. The maximum Gasteiger partial charge on any atom is 0.235 e. The van der Waals surface area contributed by atoms with E-state index in [9.17, 15) is 18.8 Å². The Hall–Kier alpha value is -2.24. The number of carbonyl (C=O) groups excluding carboxylic acids is 3. The normalized spacial score (nSPS) is 27.5. The van der Waals surface area contributed by atoms with Crippen LogP contribution in [0.1, 0.15) is 40.0 Å². The molecule has 1 aliphatic carbocycles. The van der Waals surface area contributed by atoms with Crippen LogP contribution in [-0.2, 0) is 14.4 Å². The summed E-state index contributed by atoms with van der Waals surface area (Å²) in [5.74, 6) is -1.20. The molecule has 2 unspecified atom stereocenters. The van der Waals surface area contributed by atoms with Crippen molar-refractivity contribution in [2.45, 2.75) is 40.0 Å². The van der Waals surface area contributed by atoms with Crippen molar-refractivity contribution in [1.82, 2.24) is 4.90 Å². The van der Waals surface area contributed by atoms with Gasteiger partial charge in [0.15, 0.2) is 0 Å². The Bertz CT molecular complexity index is 729. The molecule has 2 atom stereocenters. The minimum Gasteiger partial charge on any atom is -0.326 e. The molecule has 1 heterocycles. The van der Waals surface area contributed by atoms with E-state index < -0.39 is 5.41 Å². The molecule has 1 saturated carbocycles. The third kappa shape index (κ3) is 2.73. The Morgan fingerprint density at radius 2 is 1.88 bits per heavy atom. The van der Waals surface area contributed by atoms with E-state index in [1.807, 2.05) is 20.8 Å². The zero-order valence-electron chi connectivity index (χ0n) is 14.8. The highest BCUT2D eigenvalue weighted by Gasteiger charge is 2.64. The van der Waals surface area contributed by atoms with Crippen LogP contribution in [0.15, 0.2) is 24.3 Å². The zero-order chi connectivity index (χ0) is 18.4. The van der Waals surface area contributed by atoms with Gasteiger partial charge in [-0.05, 0) is 42.5 Å². The van der Waals surface area contributed by atoms with Gasteiger partial charge in [0.1, 0.15) is 5.82 Å².